The van der Waals surface area contributed by atoms with Gasteiger partial charge < -0.3 is 33.6 Å². The summed E-state index contributed by atoms with van der Waals surface area (Å²) in [6.07, 6.45) is 19.7. The summed E-state index contributed by atoms with van der Waals surface area (Å²) in [5.41, 5.74) is 0.677. The van der Waals surface area contributed by atoms with Gasteiger partial charge in [0.1, 0.15) is 37.8 Å². The molecule has 0 spiro atoms. The number of carbonyl (C=O) groups is 2. The number of esters is 2. The Labute approximate surface area is 337 Å². The molecule has 0 bridgehead atoms. The quantitative estimate of drug-likeness (QED) is 0.0493. The molecule has 0 aliphatic rings. The fourth-order valence-corrected chi connectivity index (χ4v) is 6.06. The van der Waals surface area contributed by atoms with E-state index < -0.39 is 0 Å². The van der Waals surface area contributed by atoms with Gasteiger partial charge in [0.05, 0.1) is 13.2 Å². The predicted octanol–water partition coefficient (Wildman–Crippen LogP) is 10.1. The van der Waals surface area contributed by atoms with Gasteiger partial charge in [0.2, 0.25) is 0 Å². The minimum atomic E-state index is -0.384. The average molecular weight is 793 g/mol. The van der Waals surface area contributed by atoms with Crippen LogP contribution < -0.4 is 14.4 Å². The second-order valence-electron chi connectivity index (χ2n) is 13.7. The molecule has 0 atom stereocenters. The van der Waals surface area contributed by atoms with E-state index in [0.29, 0.717) is 56.7 Å². The molecule has 0 aromatic heterocycles. The lowest BCUT2D eigenvalue weighted by Gasteiger charge is -2.25. The number of ether oxygens (including phenoxy) is 4. The molecular formula is C42H79Cl2N3O6. The summed E-state index contributed by atoms with van der Waals surface area (Å²) in [5.74, 6) is 0.585. The number of carbonyl (C=O) groups excluding carboxylic acids is 2. The van der Waals surface area contributed by atoms with Crippen LogP contribution in [-0.2, 0) is 19.1 Å². The molecule has 0 saturated heterocycles. The van der Waals surface area contributed by atoms with E-state index in [2.05, 4.69) is 51.3 Å². The van der Waals surface area contributed by atoms with E-state index in [-0.39, 0.29) is 49.8 Å². The van der Waals surface area contributed by atoms with E-state index in [1.54, 1.807) is 4.90 Å². The number of halogens is 2. The van der Waals surface area contributed by atoms with Crippen molar-refractivity contribution in [1.82, 2.24) is 9.80 Å². The highest BCUT2D eigenvalue weighted by Gasteiger charge is 2.20. The van der Waals surface area contributed by atoms with Crippen LogP contribution in [0.4, 0.5) is 5.69 Å². The Hall–Kier alpha value is -1.94. The summed E-state index contributed by atoms with van der Waals surface area (Å²) < 4.78 is 23.8. The first-order chi connectivity index (χ1) is 24.9. The van der Waals surface area contributed by atoms with Crippen molar-refractivity contribution in [2.45, 2.75) is 144 Å². The zero-order valence-electron chi connectivity index (χ0n) is 34.6. The van der Waals surface area contributed by atoms with Crippen molar-refractivity contribution in [3.63, 3.8) is 0 Å². The van der Waals surface area contributed by atoms with Gasteiger partial charge in [-0.2, -0.15) is 0 Å². The van der Waals surface area contributed by atoms with Crippen LogP contribution in [0.2, 0.25) is 0 Å². The molecule has 11 heteroatoms. The van der Waals surface area contributed by atoms with Gasteiger partial charge in [-0.15, -0.1) is 24.8 Å². The fraction of sp³-hybridized carbons (Fsp3) is 0.810. The minimum Gasteiger partial charge on any atom is -0.493 e. The van der Waals surface area contributed by atoms with E-state index in [1.165, 1.54) is 77.0 Å². The van der Waals surface area contributed by atoms with E-state index in [1.807, 2.05) is 18.2 Å². The van der Waals surface area contributed by atoms with Crippen LogP contribution in [0.5, 0.6) is 11.5 Å². The fourth-order valence-electron chi connectivity index (χ4n) is 6.06. The topological polar surface area (TPSA) is 80.8 Å². The summed E-state index contributed by atoms with van der Waals surface area (Å²) in [6.45, 7) is 19.5. The molecule has 0 saturated carbocycles. The van der Waals surface area contributed by atoms with E-state index in [9.17, 15) is 9.59 Å². The maximum atomic E-state index is 13.1. The zero-order chi connectivity index (χ0) is 37.4. The molecule has 53 heavy (non-hydrogen) atoms. The monoisotopic (exact) mass is 792 g/mol. The van der Waals surface area contributed by atoms with Gasteiger partial charge in [-0.25, -0.2) is 0 Å². The number of anilines is 1. The molecule has 0 unspecified atom stereocenters. The summed E-state index contributed by atoms with van der Waals surface area (Å²) >= 11 is 0. The third-order valence-corrected chi connectivity index (χ3v) is 9.53. The van der Waals surface area contributed by atoms with Gasteiger partial charge in [0.25, 0.3) is 0 Å². The van der Waals surface area contributed by atoms with Crippen molar-refractivity contribution in [2.24, 2.45) is 0 Å². The molecular weight excluding hydrogens is 713 g/mol. The number of nitrogens with zero attached hydrogens (tertiary/aromatic N) is 3. The standard InChI is InChI=1S/C42H77N3O6.2ClH/c1-7-13-15-17-19-21-23-25-29-48-39-33-38(34-40(35-39)49-30-26-24-22-20-18-16-14-8-2)45(36-41(46)50-31-27-43(9-3)10-4)37-42(47)51-32-28-44(11-5)12-6;;/h33-35H,7-32,36-37H2,1-6H3;2*1H. The van der Waals surface area contributed by atoms with Crippen molar-refractivity contribution in [3.05, 3.63) is 18.2 Å². The SMILES string of the molecule is CCCCCCCCCCOc1cc(OCCCCCCCCCC)cc(N(CC(=O)OCCN(CC)CC)CC(=O)OCCN(CC)CC)c1.Cl.Cl. The number of hydrogen-bond donors (Lipinski definition) is 0. The maximum absolute atomic E-state index is 13.1. The molecule has 0 amide bonds. The maximum Gasteiger partial charge on any atom is 0.325 e. The molecule has 1 rings (SSSR count). The highest BCUT2D eigenvalue weighted by Crippen LogP contribution is 2.30. The van der Waals surface area contributed by atoms with E-state index in [4.69, 9.17) is 18.9 Å². The van der Waals surface area contributed by atoms with Crippen molar-refractivity contribution in [1.29, 1.82) is 0 Å². The van der Waals surface area contributed by atoms with Crippen molar-refractivity contribution < 1.29 is 28.5 Å². The Morgan fingerprint density at radius 2 is 0.811 bits per heavy atom. The molecule has 9 nitrogen and oxygen atoms in total. The minimum absolute atomic E-state index is 0. The van der Waals surface area contributed by atoms with Gasteiger partial charge in [-0.1, -0.05) is 131 Å². The smallest absolute Gasteiger partial charge is 0.325 e. The normalized spacial score (nSPS) is 10.9. The zero-order valence-corrected chi connectivity index (χ0v) is 36.3. The molecule has 1 aromatic carbocycles. The Morgan fingerprint density at radius 1 is 0.472 bits per heavy atom. The lowest BCUT2D eigenvalue weighted by atomic mass is 10.1. The molecule has 0 aliphatic carbocycles. The highest BCUT2D eigenvalue weighted by atomic mass is 35.5. The summed E-state index contributed by atoms with van der Waals surface area (Å²) in [5, 5.41) is 0. The van der Waals surface area contributed by atoms with Crippen LogP contribution >= 0.6 is 24.8 Å². The highest BCUT2D eigenvalue weighted by molar-refractivity contribution is 5.85. The van der Waals surface area contributed by atoms with Crippen LogP contribution in [0.3, 0.4) is 0 Å². The van der Waals surface area contributed by atoms with E-state index >= 15 is 0 Å². The predicted molar refractivity (Wildman–Crippen MR) is 227 cm³/mol. The molecule has 0 aliphatic heterocycles. The summed E-state index contributed by atoms with van der Waals surface area (Å²) in [6, 6.07) is 5.74. The third-order valence-electron chi connectivity index (χ3n) is 9.53. The molecule has 0 radical (unpaired) electrons. The summed E-state index contributed by atoms with van der Waals surface area (Å²) in [7, 11) is 0. The summed E-state index contributed by atoms with van der Waals surface area (Å²) in [4.78, 5) is 32.4. The Bertz CT molecular complexity index is 925. The number of unbranched alkanes of at least 4 members (excludes halogenated alkanes) is 14. The van der Waals surface area contributed by atoms with Crippen molar-refractivity contribution in [2.75, 3.05) is 83.7 Å². The van der Waals surface area contributed by atoms with Crippen molar-refractivity contribution in [3.8, 4) is 11.5 Å². The first-order valence-electron chi connectivity index (χ1n) is 20.8. The first-order valence-corrected chi connectivity index (χ1v) is 20.8. The van der Waals surface area contributed by atoms with Crippen LogP contribution in [-0.4, -0.2) is 101 Å². The van der Waals surface area contributed by atoms with Gasteiger partial charge in [-0.05, 0) is 39.0 Å². The second-order valence-corrected chi connectivity index (χ2v) is 13.7. The van der Waals surface area contributed by atoms with Crippen molar-refractivity contribution >= 4 is 42.4 Å². The molecule has 0 fully saturated rings. The number of likely N-dealkylation sites (N-methyl/N-ethyl adjacent to an activating group) is 2. The largest absolute Gasteiger partial charge is 0.493 e. The van der Waals surface area contributed by atoms with Gasteiger partial charge in [-0.3, -0.25) is 9.59 Å². The lowest BCUT2D eigenvalue weighted by Crippen LogP contribution is -2.38. The van der Waals surface area contributed by atoms with Gasteiger partial charge in [0.15, 0.2) is 0 Å². The van der Waals surface area contributed by atoms with Gasteiger partial charge in [0, 0.05) is 37.0 Å². The first kappa shape index (κ1) is 53.2. The number of benzene rings is 1. The third kappa shape index (κ3) is 28.2. The van der Waals surface area contributed by atoms with Crippen LogP contribution in [0.1, 0.15) is 144 Å². The average Bonchev–Trinajstić information content (AvgIpc) is 3.13. The van der Waals surface area contributed by atoms with Crippen LogP contribution in [0.25, 0.3) is 0 Å². The van der Waals surface area contributed by atoms with E-state index in [0.717, 1.165) is 51.9 Å². The Kier molecular flexibility index (Phi) is 37.1. The molecule has 0 heterocycles. The number of rotatable bonds is 35. The Balaban J connectivity index is 0. The Morgan fingerprint density at radius 3 is 1.15 bits per heavy atom. The molecule has 0 N–H and O–H groups in total. The lowest BCUT2D eigenvalue weighted by molar-refractivity contribution is -0.143. The molecule has 1 aromatic rings. The molecule has 312 valence electrons. The second kappa shape index (κ2) is 37.0. The van der Waals surface area contributed by atoms with Gasteiger partial charge >= 0.3 is 11.9 Å². The van der Waals surface area contributed by atoms with Crippen LogP contribution in [0.15, 0.2) is 18.2 Å². The van der Waals surface area contributed by atoms with Crippen LogP contribution in [0, 0.1) is 0 Å². The number of hydrogen-bond acceptors (Lipinski definition) is 9.